The molecule has 1 saturated heterocycles. The predicted octanol–water partition coefficient (Wildman–Crippen LogP) is 1.32. The molecular weight excluding hydrogens is 244 g/mol. The Morgan fingerprint density at radius 3 is 2.42 bits per heavy atom. The zero-order valence-electron chi connectivity index (χ0n) is 12.3. The van der Waals surface area contributed by atoms with E-state index in [2.05, 4.69) is 5.32 Å². The molecular formula is C14H26N2O3. The number of hydrogen-bond donors (Lipinski definition) is 1. The SMILES string of the molecule is CCCC1NC(=O)C(CCC)N(CCOCC)C1=O. The molecule has 2 atom stereocenters. The molecule has 1 N–H and O–H groups in total. The number of hydrogen-bond acceptors (Lipinski definition) is 3. The first-order chi connectivity index (χ1) is 9.15. The molecule has 0 bridgehead atoms. The highest BCUT2D eigenvalue weighted by Gasteiger charge is 2.39. The van der Waals surface area contributed by atoms with Gasteiger partial charge in [-0.15, -0.1) is 0 Å². The predicted molar refractivity (Wildman–Crippen MR) is 73.7 cm³/mol. The fourth-order valence-electron chi connectivity index (χ4n) is 2.44. The lowest BCUT2D eigenvalue weighted by Gasteiger charge is -2.39. The fourth-order valence-corrected chi connectivity index (χ4v) is 2.44. The van der Waals surface area contributed by atoms with E-state index in [0.29, 0.717) is 32.6 Å². The van der Waals surface area contributed by atoms with Gasteiger partial charge in [0.05, 0.1) is 6.61 Å². The van der Waals surface area contributed by atoms with E-state index >= 15 is 0 Å². The molecule has 0 aromatic carbocycles. The Kier molecular flexibility index (Phi) is 6.84. The van der Waals surface area contributed by atoms with Crippen LogP contribution < -0.4 is 5.32 Å². The maximum Gasteiger partial charge on any atom is 0.245 e. The summed E-state index contributed by atoms with van der Waals surface area (Å²) in [5.41, 5.74) is 0. The molecule has 0 aromatic heterocycles. The molecule has 110 valence electrons. The molecule has 1 aliphatic heterocycles. The topological polar surface area (TPSA) is 58.6 Å². The number of nitrogens with zero attached hydrogens (tertiary/aromatic N) is 1. The van der Waals surface area contributed by atoms with E-state index in [-0.39, 0.29) is 23.9 Å². The molecule has 5 heteroatoms. The van der Waals surface area contributed by atoms with Crippen LogP contribution in [0, 0.1) is 0 Å². The van der Waals surface area contributed by atoms with Crippen LogP contribution in [0.5, 0.6) is 0 Å². The van der Waals surface area contributed by atoms with Crippen molar-refractivity contribution in [2.24, 2.45) is 0 Å². The lowest BCUT2D eigenvalue weighted by molar-refractivity contribution is -0.150. The molecule has 0 saturated carbocycles. The van der Waals surface area contributed by atoms with Crippen LogP contribution in [0.1, 0.15) is 46.5 Å². The van der Waals surface area contributed by atoms with Gasteiger partial charge in [0.2, 0.25) is 11.8 Å². The smallest absolute Gasteiger partial charge is 0.245 e. The summed E-state index contributed by atoms with van der Waals surface area (Å²) in [6, 6.07) is -0.682. The van der Waals surface area contributed by atoms with Crippen molar-refractivity contribution in [3.05, 3.63) is 0 Å². The lowest BCUT2D eigenvalue weighted by atomic mass is 10.0. The van der Waals surface area contributed by atoms with Crippen LogP contribution in [0.25, 0.3) is 0 Å². The standard InChI is InChI=1S/C14H26N2O3/c1-4-7-11-14(18)16(9-10-19-6-3)12(8-5-2)13(17)15-11/h11-12H,4-10H2,1-3H3,(H,15,17). The van der Waals surface area contributed by atoms with Crippen LogP contribution >= 0.6 is 0 Å². The summed E-state index contributed by atoms with van der Waals surface area (Å²) in [7, 11) is 0. The third kappa shape index (κ3) is 4.20. The third-order valence-corrected chi connectivity index (χ3v) is 3.40. The van der Waals surface area contributed by atoms with Crippen molar-refractivity contribution in [3.8, 4) is 0 Å². The van der Waals surface area contributed by atoms with Gasteiger partial charge in [-0.3, -0.25) is 9.59 Å². The minimum absolute atomic E-state index is 0.0172. The van der Waals surface area contributed by atoms with Gasteiger partial charge < -0.3 is 15.0 Å². The Balaban J connectivity index is 2.74. The van der Waals surface area contributed by atoms with Gasteiger partial charge >= 0.3 is 0 Å². The molecule has 1 rings (SSSR count). The molecule has 0 radical (unpaired) electrons. The number of carbonyl (C=O) groups excluding carboxylic acids is 2. The second kappa shape index (κ2) is 8.15. The largest absolute Gasteiger partial charge is 0.380 e. The number of amides is 2. The normalized spacial score (nSPS) is 23.6. The first-order valence-electron chi connectivity index (χ1n) is 7.34. The van der Waals surface area contributed by atoms with Gasteiger partial charge in [-0.2, -0.15) is 0 Å². The summed E-state index contributed by atoms with van der Waals surface area (Å²) in [6.45, 7) is 7.59. The summed E-state index contributed by atoms with van der Waals surface area (Å²) in [6.07, 6.45) is 3.18. The number of carbonyl (C=O) groups is 2. The highest BCUT2D eigenvalue weighted by atomic mass is 16.5. The molecule has 1 heterocycles. The highest BCUT2D eigenvalue weighted by Crippen LogP contribution is 2.17. The van der Waals surface area contributed by atoms with E-state index in [1.165, 1.54) is 0 Å². The summed E-state index contributed by atoms with van der Waals surface area (Å²) in [5.74, 6) is 0.0241. The van der Waals surface area contributed by atoms with Gasteiger partial charge in [0.25, 0.3) is 0 Å². The number of piperazine rings is 1. The van der Waals surface area contributed by atoms with Crippen LogP contribution in [0.4, 0.5) is 0 Å². The van der Waals surface area contributed by atoms with Crippen molar-refractivity contribution >= 4 is 11.8 Å². The number of rotatable bonds is 8. The molecule has 1 aliphatic rings. The van der Waals surface area contributed by atoms with Crippen molar-refractivity contribution in [2.45, 2.75) is 58.5 Å². The van der Waals surface area contributed by atoms with Crippen molar-refractivity contribution in [3.63, 3.8) is 0 Å². The zero-order valence-corrected chi connectivity index (χ0v) is 12.3. The van der Waals surface area contributed by atoms with E-state index in [1.54, 1.807) is 4.90 Å². The van der Waals surface area contributed by atoms with Crippen LogP contribution in [-0.4, -0.2) is 48.6 Å². The lowest BCUT2D eigenvalue weighted by Crippen LogP contribution is -2.63. The second-order valence-corrected chi connectivity index (χ2v) is 4.88. The van der Waals surface area contributed by atoms with E-state index in [1.807, 2.05) is 20.8 Å². The molecule has 0 aliphatic carbocycles. The Morgan fingerprint density at radius 1 is 1.16 bits per heavy atom. The summed E-state index contributed by atoms with van der Waals surface area (Å²) < 4.78 is 5.32. The average molecular weight is 270 g/mol. The average Bonchev–Trinajstić information content (AvgIpc) is 2.39. The summed E-state index contributed by atoms with van der Waals surface area (Å²) in [4.78, 5) is 26.2. The van der Waals surface area contributed by atoms with Crippen molar-refractivity contribution in [1.82, 2.24) is 10.2 Å². The summed E-state index contributed by atoms with van der Waals surface area (Å²) in [5, 5.41) is 2.85. The Hall–Kier alpha value is -1.10. The van der Waals surface area contributed by atoms with Gasteiger partial charge in [-0.1, -0.05) is 26.7 Å². The third-order valence-electron chi connectivity index (χ3n) is 3.40. The van der Waals surface area contributed by atoms with Gasteiger partial charge in [-0.05, 0) is 19.8 Å². The molecule has 2 unspecified atom stereocenters. The molecule has 2 amide bonds. The maximum atomic E-state index is 12.4. The Morgan fingerprint density at radius 2 is 1.84 bits per heavy atom. The van der Waals surface area contributed by atoms with Crippen molar-refractivity contribution in [1.29, 1.82) is 0 Å². The zero-order chi connectivity index (χ0) is 14.3. The van der Waals surface area contributed by atoms with Gasteiger partial charge in [-0.25, -0.2) is 0 Å². The summed E-state index contributed by atoms with van der Waals surface area (Å²) >= 11 is 0. The first-order valence-corrected chi connectivity index (χ1v) is 7.34. The second-order valence-electron chi connectivity index (χ2n) is 4.88. The van der Waals surface area contributed by atoms with Crippen LogP contribution in [0.2, 0.25) is 0 Å². The Bertz CT molecular complexity index is 307. The van der Waals surface area contributed by atoms with Crippen LogP contribution in [0.3, 0.4) is 0 Å². The Labute approximate surface area is 115 Å². The monoisotopic (exact) mass is 270 g/mol. The minimum Gasteiger partial charge on any atom is -0.380 e. The highest BCUT2D eigenvalue weighted by molar-refractivity contribution is 5.96. The number of ether oxygens (including phenoxy) is 1. The fraction of sp³-hybridized carbons (Fsp3) is 0.857. The molecule has 1 fully saturated rings. The molecule has 0 aromatic rings. The van der Waals surface area contributed by atoms with E-state index in [0.717, 1.165) is 12.8 Å². The van der Waals surface area contributed by atoms with E-state index < -0.39 is 0 Å². The van der Waals surface area contributed by atoms with Crippen molar-refractivity contribution in [2.75, 3.05) is 19.8 Å². The van der Waals surface area contributed by atoms with Crippen LogP contribution in [0.15, 0.2) is 0 Å². The minimum atomic E-state index is -0.354. The van der Waals surface area contributed by atoms with Crippen molar-refractivity contribution < 1.29 is 14.3 Å². The first kappa shape index (κ1) is 16.0. The molecule has 19 heavy (non-hydrogen) atoms. The van der Waals surface area contributed by atoms with Gasteiger partial charge in [0.15, 0.2) is 0 Å². The van der Waals surface area contributed by atoms with Gasteiger partial charge in [0, 0.05) is 13.2 Å². The van der Waals surface area contributed by atoms with E-state index in [9.17, 15) is 9.59 Å². The van der Waals surface area contributed by atoms with Gasteiger partial charge in [0.1, 0.15) is 12.1 Å². The number of nitrogens with one attached hydrogen (secondary N) is 1. The quantitative estimate of drug-likeness (QED) is 0.677. The van der Waals surface area contributed by atoms with Crippen LogP contribution in [-0.2, 0) is 14.3 Å². The molecule has 0 spiro atoms. The van der Waals surface area contributed by atoms with E-state index in [4.69, 9.17) is 4.74 Å². The maximum absolute atomic E-state index is 12.4. The molecule has 5 nitrogen and oxygen atoms in total.